The summed E-state index contributed by atoms with van der Waals surface area (Å²) >= 11 is 4.88. The van der Waals surface area contributed by atoms with Crippen LogP contribution >= 0.6 is 12.2 Å². The van der Waals surface area contributed by atoms with E-state index in [1.807, 2.05) is 29.3 Å². The van der Waals surface area contributed by atoms with Crippen LogP contribution in [0.2, 0.25) is 0 Å². The van der Waals surface area contributed by atoms with Gasteiger partial charge in [0.05, 0.1) is 0 Å². The Balaban J connectivity index is 2.30. The minimum absolute atomic E-state index is 0.421. The summed E-state index contributed by atoms with van der Waals surface area (Å²) in [5.41, 5.74) is 6.40. The van der Waals surface area contributed by atoms with Crippen LogP contribution in [0.5, 0.6) is 0 Å². The van der Waals surface area contributed by atoms with Crippen LogP contribution in [0.4, 0.5) is 0 Å². The summed E-state index contributed by atoms with van der Waals surface area (Å²) in [6, 6.07) is 0. The van der Waals surface area contributed by atoms with Crippen molar-refractivity contribution in [3.8, 4) is 0 Å². The van der Waals surface area contributed by atoms with Gasteiger partial charge in [-0.25, -0.2) is 4.99 Å². The number of aliphatic imine (C=N–C) groups is 1. The molecule has 3 nitrogen and oxygen atoms in total. The van der Waals surface area contributed by atoms with E-state index in [4.69, 9.17) is 18.0 Å². The maximum Gasteiger partial charge on any atom is 0.132 e. The van der Waals surface area contributed by atoms with E-state index in [1.54, 1.807) is 6.20 Å². The Hall–Kier alpha value is -1.42. The van der Waals surface area contributed by atoms with Gasteiger partial charge in [0.2, 0.25) is 0 Å². The van der Waals surface area contributed by atoms with Crippen molar-refractivity contribution in [3.05, 3.63) is 36.2 Å². The van der Waals surface area contributed by atoms with Gasteiger partial charge in [-0.1, -0.05) is 12.2 Å². The molecule has 4 heteroatoms. The van der Waals surface area contributed by atoms with Crippen molar-refractivity contribution in [2.75, 3.05) is 6.54 Å². The van der Waals surface area contributed by atoms with E-state index in [9.17, 15) is 0 Å². The zero-order valence-corrected chi connectivity index (χ0v) is 7.79. The molecule has 0 fully saturated rings. The summed E-state index contributed by atoms with van der Waals surface area (Å²) < 4.78 is 0. The largest absolute Gasteiger partial charge is 0.389 e. The Bertz CT molecular complexity index is 363. The third kappa shape index (κ3) is 1.53. The molecule has 13 heavy (non-hydrogen) atoms. The number of amidine groups is 1. The van der Waals surface area contributed by atoms with Crippen molar-refractivity contribution in [2.24, 2.45) is 10.7 Å². The first kappa shape index (κ1) is 8.19. The summed E-state index contributed by atoms with van der Waals surface area (Å²) in [6.07, 6.45) is 9.51. The number of rotatable bonds is 1. The molecule has 0 radical (unpaired) electrons. The SMILES string of the molecule is NC(=S)C1=CN2CC=CN=C2C=C1. The molecule has 0 aromatic heterocycles. The molecule has 2 N–H and O–H groups in total. The minimum Gasteiger partial charge on any atom is -0.389 e. The van der Waals surface area contributed by atoms with E-state index < -0.39 is 0 Å². The first-order chi connectivity index (χ1) is 6.27. The van der Waals surface area contributed by atoms with Crippen LogP contribution in [-0.2, 0) is 0 Å². The summed E-state index contributed by atoms with van der Waals surface area (Å²) in [4.78, 5) is 6.62. The molecular formula is C9H9N3S. The summed E-state index contributed by atoms with van der Waals surface area (Å²) in [5, 5.41) is 0. The van der Waals surface area contributed by atoms with Gasteiger partial charge >= 0.3 is 0 Å². The molecule has 0 aliphatic carbocycles. The Labute approximate surface area is 81.9 Å². The third-order valence-corrected chi connectivity index (χ3v) is 2.14. The second-order valence-electron chi connectivity index (χ2n) is 2.81. The second kappa shape index (κ2) is 3.14. The van der Waals surface area contributed by atoms with Gasteiger partial charge in [0.25, 0.3) is 0 Å². The van der Waals surface area contributed by atoms with Gasteiger partial charge in [0.15, 0.2) is 0 Å². The van der Waals surface area contributed by atoms with Crippen molar-refractivity contribution in [1.29, 1.82) is 0 Å². The molecule has 0 aromatic carbocycles. The van der Waals surface area contributed by atoms with Crippen molar-refractivity contribution < 1.29 is 0 Å². The predicted octanol–water partition coefficient (Wildman–Crippen LogP) is 0.954. The zero-order chi connectivity index (χ0) is 9.26. The quantitative estimate of drug-likeness (QED) is 0.627. The number of nitrogens with zero attached hydrogens (tertiary/aromatic N) is 2. The van der Waals surface area contributed by atoms with Crippen LogP contribution in [0.1, 0.15) is 0 Å². The minimum atomic E-state index is 0.421. The maximum atomic E-state index is 5.52. The fraction of sp³-hybridized carbons (Fsp3) is 0.111. The first-order valence-electron chi connectivity index (χ1n) is 3.96. The molecule has 66 valence electrons. The van der Waals surface area contributed by atoms with Gasteiger partial charge in [0.1, 0.15) is 10.8 Å². The molecule has 2 aliphatic rings. The predicted molar refractivity (Wildman–Crippen MR) is 57.3 cm³/mol. The second-order valence-corrected chi connectivity index (χ2v) is 3.25. The van der Waals surface area contributed by atoms with Crippen LogP contribution in [0.3, 0.4) is 0 Å². The van der Waals surface area contributed by atoms with Crippen LogP contribution in [0.15, 0.2) is 41.2 Å². The van der Waals surface area contributed by atoms with Gasteiger partial charge in [-0.2, -0.15) is 0 Å². The van der Waals surface area contributed by atoms with Crippen molar-refractivity contribution in [2.45, 2.75) is 0 Å². The van der Waals surface area contributed by atoms with Crippen molar-refractivity contribution in [1.82, 2.24) is 4.90 Å². The highest BCUT2D eigenvalue weighted by molar-refractivity contribution is 7.80. The van der Waals surface area contributed by atoms with E-state index in [1.165, 1.54) is 0 Å². The lowest BCUT2D eigenvalue weighted by Gasteiger charge is -2.24. The lowest BCUT2D eigenvalue weighted by Crippen LogP contribution is -2.30. The van der Waals surface area contributed by atoms with Crippen LogP contribution in [0, 0.1) is 0 Å². The van der Waals surface area contributed by atoms with Gasteiger partial charge < -0.3 is 10.6 Å². The topological polar surface area (TPSA) is 41.6 Å². The smallest absolute Gasteiger partial charge is 0.132 e. The molecule has 0 saturated heterocycles. The number of nitrogens with two attached hydrogens (primary N) is 1. The molecule has 0 unspecified atom stereocenters. The molecule has 2 aliphatic heterocycles. The lowest BCUT2D eigenvalue weighted by molar-refractivity contribution is 0.611. The Kier molecular flexibility index (Phi) is 1.98. The van der Waals surface area contributed by atoms with Gasteiger partial charge in [-0.3, -0.25) is 0 Å². The molecule has 0 amide bonds. The fourth-order valence-corrected chi connectivity index (χ4v) is 1.36. The highest BCUT2D eigenvalue weighted by Crippen LogP contribution is 2.12. The third-order valence-electron chi connectivity index (χ3n) is 1.90. The molecule has 2 heterocycles. The maximum absolute atomic E-state index is 5.52. The summed E-state index contributed by atoms with van der Waals surface area (Å²) in [5.74, 6) is 0.933. The molecule has 0 spiro atoms. The zero-order valence-electron chi connectivity index (χ0n) is 6.97. The molecule has 0 bridgehead atoms. The highest BCUT2D eigenvalue weighted by Gasteiger charge is 2.13. The fourth-order valence-electron chi connectivity index (χ4n) is 1.24. The monoisotopic (exact) mass is 191 g/mol. The van der Waals surface area contributed by atoms with E-state index in [2.05, 4.69) is 4.99 Å². The van der Waals surface area contributed by atoms with E-state index in [0.29, 0.717) is 4.99 Å². The number of fused-ring (bicyclic) bond motifs is 1. The Morgan fingerprint density at radius 2 is 2.38 bits per heavy atom. The van der Waals surface area contributed by atoms with Crippen LogP contribution in [0.25, 0.3) is 0 Å². The van der Waals surface area contributed by atoms with E-state index >= 15 is 0 Å². The molecular weight excluding hydrogens is 182 g/mol. The number of thiocarbonyl (C=S) groups is 1. The molecule has 0 atom stereocenters. The number of hydrogen-bond acceptors (Lipinski definition) is 3. The summed E-state index contributed by atoms with van der Waals surface area (Å²) in [6.45, 7) is 0.829. The normalized spacial score (nSPS) is 19.2. The average Bonchev–Trinajstić information content (AvgIpc) is 2.17. The Morgan fingerprint density at radius 1 is 1.54 bits per heavy atom. The van der Waals surface area contributed by atoms with Gasteiger partial charge in [-0.15, -0.1) is 0 Å². The molecule has 2 rings (SSSR count). The van der Waals surface area contributed by atoms with Crippen molar-refractivity contribution in [3.63, 3.8) is 0 Å². The summed E-state index contributed by atoms with van der Waals surface area (Å²) in [7, 11) is 0. The van der Waals surface area contributed by atoms with Crippen LogP contribution in [-0.4, -0.2) is 22.3 Å². The molecule has 0 saturated carbocycles. The standard InChI is InChI=1S/C9H9N3S/c10-9(13)7-2-3-8-11-4-1-5-12(8)6-7/h1-4,6H,5H2,(H2,10,13). The Morgan fingerprint density at radius 3 is 3.15 bits per heavy atom. The average molecular weight is 191 g/mol. The number of hydrogen-bond donors (Lipinski definition) is 1. The first-order valence-corrected chi connectivity index (χ1v) is 4.37. The van der Waals surface area contributed by atoms with Crippen molar-refractivity contribution >= 4 is 23.0 Å². The lowest BCUT2D eigenvalue weighted by atomic mass is 10.2. The van der Waals surface area contributed by atoms with Crippen LogP contribution < -0.4 is 5.73 Å². The van der Waals surface area contributed by atoms with Gasteiger partial charge in [0, 0.05) is 24.5 Å². The van der Waals surface area contributed by atoms with E-state index in [0.717, 1.165) is 18.0 Å². The van der Waals surface area contributed by atoms with E-state index in [-0.39, 0.29) is 0 Å². The molecule has 0 aromatic rings. The van der Waals surface area contributed by atoms with Gasteiger partial charge in [-0.05, 0) is 18.2 Å². The highest BCUT2D eigenvalue weighted by atomic mass is 32.1.